The Morgan fingerprint density at radius 1 is 1.30 bits per heavy atom. The normalized spacial score (nSPS) is 25.6. The molecule has 2 saturated heterocycles. The zero-order valence-corrected chi connectivity index (χ0v) is 15.2. The lowest BCUT2D eigenvalue weighted by Crippen LogP contribution is -2.63. The van der Waals surface area contributed by atoms with Crippen LogP contribution in [0.15, 0.2) is 30.3 Å². The van der Waals surface area contributed by atoms with Crippen molar-refractivity contribution in [3.63, 3.8) is 0 Å². The van der Waals surface area contributed by atoms with Gasteiger partial charge >= 0.3 is 0 Å². The molecule has 5 N–H and O–H groups in total. The Morgan fingerprint density at radius 2 is 2.04 bits per heavy atom. The van der Waals surface area contributed by atoms with Crippen molar-refractivity contribution in [2.75, 3.05) is 13.7 Å². The van der Waals surface area contributed by atoms with Crippen molar-refractivity contribution in [3.05, 3.63) is 35.9 Å². The molecule has 2 fully saturated rings. The van der Waals surface area contributed by atoms with Crippen molar-refractivity contribution >= 4 is 17.7 Å². The van der Waals surface area contributed by atoms with E-state index >= 15 is 0 Å². The fourth-order valence-electron chi connectivity index (χ4n) is 3.35. The number of hydrogen-bond acceptors (Lipinski definition) is 6. The van der Waals surface area contributed by atoms with Gasteiger partial charge in [0.25, 0.3) is 5.91 Å². The molecule has 2 heterocycles. The molecule has 1 aromatic carbocycles. The summed E-state index contributed by atoms with van der Waals surface area (Å²) in [5, 5.41) is 8.06. The zero-order valence-electron chi connectivity index (χ0n) is 15.2. The van der Waals surface area contributed by atoms with Crippen LogP contribution >= 0.6 is 0 Å². The summed E-state index contributed by atoms with van der Waals surface area (Å²) in [5.41, 5.74) is 6.58. The lowest BCUT2D eigenvalue weighted by atomic mass is 10.1. The lowest BCUT2D eigenvalue weighted by molar-refractivity contribution is -0.167. The summed E-state index contributed by atoms with van der Waals surface area (Å²) in [5.74, 6) is -1.04. The Morgan fingerprint density at radius 3 is 2.74 bits per heavy atom. The molecule has 0 spiro atoms. The first kappa shape index (κ1) is 19.3. The molecule has 1 aromatic rings. The molecule has 3 amide bonds. The number of nitrogens with zero attached hydrogens (tertiary/aromatic N) is 1. The summed E-state index contributed by atoms with van der Waals surface area (Å²) < 4.78 is 5.69. The molecule has 0 saturated carbocycles. The number of likely N-dealkylation sites (N-methyl/N-ethyl adjacent to an activating group) is 1. The number of nitrogens with one attached hydrogen (secondary N) is 3. The molecule has 0 aliphatic carbocycles. The molecule has 3 rings (SSSR count). The number of nitrogens with two attached hydrogens (primary N) is 1. The van der Waals surface area contributed by atoms with Gasteiger partial charge in [0.05, 0.1) is 6.61 Å². The van der Waals surface area contributed by atoms with E-state index in [0.717, 1.165) is 5.56 Å². The van der Waals surface area contributed by atoms with Crippen molar-refractivity contribution in [2.45, 2.75) is 43.9 Å². The highest BCUT2D eigenvalue weighted by Crippen LogP contribution is 2.29. The highest BCUT2D eigenvalue weighted by atomic mass is 16.5. The molecular weight excluding hydrogens is 350 g/mol. The van der Waals surface area contributed by atoms with Gasteiger partial charge in [0.2, 0.25) is 11.8 Å². The number of amides is 3. The third-order valence-electron chi connectivity index (χ3n) is 4.86. The van der Waals surface area contributed by atoms with Crippen LogP contribution < -0.4 is 21.7 Å². The highest BCUT2D eigenvalue weighted by Gasteiger charge is 2.47. The van der Waals surface area contributed by atoms with Crippen LogP contribution in [-0.2, 0) is 25.7 Å². The molecule has 2 aliphatic rings. The molecule has 27 heavy (non-hydrogen) atoms. The monoisotopic (exact) mass is 375 g/mol. The molecule has 146 valence electrons. The molecular formula is C18H25N5O4. The van der Waals surface area contributed by atoms with Crippen molar-refractivity contribution in [3.8, 4) is 0 Å². The van der Waals surface area contributed by atoms with Gasteiger partial charge in [-0.1, -0.05) is 30.3 Å². The Bertz CT molecular complexity index is 698. The van der Waals surface area contributed by atoms with E-state index in [1.165, 1.54) is 4.90 Å². The predicted octanol–water partition coefficient (Wildman–Crippen LogP) is -1.36. The number of ether oxygens (including phenoxy) is 1. The van der Waals surface area contributed by atoms with E-state index in [1.807, 2.05) is 30.3 Å². The average Bonchev–Trinajstić information content (AvgIpc) is 3.13. The SMILES string of the molecule is CN[C@@H](N)C(=O)NC1CO[C@H]2CCC(C(=O)NCc3ccccc3)N2C1=O. The van der Waals surface area contributed by atoms with E-state index in [2.05, 4.69) is 16.0 Å². The Balaban J connectivity index is 1.62. The van der Waals surface area contributed by atoms with Crippen molar-refractivity contribution in [2.24, 2.45) is 5.73 Å². The van der Waals surface area contributed by atoms with Crippen LogP contribution in [0, 0.1) is 0 Å². The average molecular weight is 375 g/mol. The molecule has 2 unspecified atom stereocenters. The van der Waals surface area contributed by atoms with Crippen LogP contribution in [0.4, 0.5) is 0 Å². The minimum absolute atomic E-state index is 0.0700. The molecule has 0 radical (unpaired) electrons. The molecule has 0 aromatic heterocycles. The zero-order chi connectivity index (χ0) is 19.4. The van der Waals surface area contributed by atoms with Crippen LogP contribution in [0.1, 0.15) is 18.4 Å². The third-order valence-corrected chi connectivity index (χ3v) is 4.86. The molecule has 9 nitrogen and oxygen atoms in total. The van der Waals surface area contributed by atoms with Crippen LogP contribution in [0.2, 0.25) is 0 Å². The van der Waals surface area contributed by atoms with Crippen LogP contribution in [0.25, 0.3) is 0 Å². The van der Waals surface area contributed by atoms with E-state index in [4.69, 9.17) is 10.5 Å². The van der Waals surface area contributed by atoms with Gasteiger partial charge in [-0.3, -0.25) is 19.7 Å². The number of rotatable bonds is 6. The molecule has 4 atom stereocenters. The maximum Gasteiger partial charge on any atom is 0.252 e. The number of benzene rings is 1. The second-order valence-corrected chi connectivity index (χ2v) is 6.66. The smallest absolute Gasteiger partial charge is 0.252 e. The quantitative estimate of drug-likeness (QED) is 0.455. The minimum atomic E-state index is -0.918. The molecule has 9 heteroatoms. The van der Waals surface area contributed by atoms with Gasteiger partial charge < -0.3 is 26.0 Å². The number of carbonyl (C=O) groups excluding carboxylic acids is 3. The van der Waals surface area contributed by atoms with Gasteiger partial charge in [-0.2, -0.15) is 0 Å². The van der Waals surface area contributed by atoms with E-state index in [1.54, 1.807) is 7.05 Å². The largest absolute Gasteiger partial charge is 0.356 e. The second kappa shape index (κ2) is 8.47. The summed E-state index contributed by atoms with van der Waals surface area (Å²) in [6, 6.07) is 8.09. The van der Waals surface area contributed by atoms with Crippen LogP contribution in [0.5, 0.6) is 0 Å². The Hall–Kier alpha value is -2.49. The van der Waals surface area contributed by atoms with Crippen molar-refractivity contribution < 1.29 is 19.1 Å². The van der Waals surface area contributed by atoms with Gasteiger partial charge in [0.1, 0.15) is 24.5 Å². The molecule has 0 bridgehead atoms. The summed E-state index contributed by atoms with van der Waals surface area (Å²) in [7, 11) is 1.55. The summed E-state index contributed by atoms with van der Waals surface area (Å²) in [6.45, 7) is 0.460. The standard InChI is InChI=1S/C18H25N5O4/c1-20-15(19)17(25)22-12-10-27-14-8-7-13(23(14)18(12)26)16(24)21-9-11-5-3-2-4-6-11/h2-6,12-15,20H,7-10,19H2,1H3,(H,21,24)(H,22,25)/t12?,13?,14-,15+/m0/s1. The predicted molar refractivity (Wildman–Crippen MR) is 96.9 cm³/mol. The van der Waals surface area contributed by atoms with Crippen molar-refractivity contribution in [1.82, 2.24) is 20.9 Å². The van der Waals surface area contributed by atoms with Crippen LogP contribution in [0.3, 0.4) is 0 Å². The first-order chi connectivity index (χ1) is 13.0. The maximum atomic E-state index is 12.8. The number of carbonyl (C=O) groups is 3. The van der Waals surface area contributed by atoms with Crippen molar-refractivity contribution in [1.29, 1.82) is 0 Å². The van der Waals surface area contributed by atoms with E-state index in [0.29, 0.717) is 19.4 Å². The van der Waals surface area contributed by atoms with Gasteiger partial charge in [0, 0.05) is 6.54 Å². The number of fused-ring (bicyclic) bond motifs is 1. The minimum Gasteiger partial charge on any atom is -0.356 e. The Labute approximate surface area is 157 Å². The Kier molecular flexibility index (Phi) is 6.04. The van der Waals surface area contributed by atoms with Gasteiger partial charge in [0.15, 0.2) is 0 Å². The second-order valence-electron chi connectivity index (χ2n) is 6.66. The molecule has 2 aliphatic heterocycles. The first-order valence-electron chi connectivity index (χ1n) is 9.00. The summed E-state index contributed by atoms with van der Waals surface area (Å²) in [4.78, 5) is 38.9. The van der Waals surface area contributed by atoms with E-state index < -0.39 is 30.4 Å². The lowest BCUT2D eigenvalue weighted by Gasteiger charge is -2.37. The maximum absolute atomic E-state index is 12.8. The van der Waals surface area contributed by atoms with Gasteiger partial charge in [-0.05, 0) is 25.5 Å². The van der Waals surface area contributed by atoms with E-state index in [9.17, 15) is 14.4 Å². The highest BCUT2D eigenvalue weighted by molar-refractivity contribution is 5.94. The fraction of sp³-hybridized carbons (Fsp3) is 0.500. The fourth-order valence-corrected chi connectivity index (χ4v) is 3.35. The van der Waals surface area contributed by atoms with Crippen LogP contribution in [-0.4, -0.2) is 60.8 Å². The van der Waals surface area contributed by atoms with E-state index in [-0.39, 0.29) is 18.4 Å². The topological polar surface area (TPSA) is 126 Å². The third kappa shape index (κ3) is 4.26. The first-order valence-corrected chi connectivity index (χ1v) is 9.00. The number of hydrogen-bond donors (Lipinski definition) is 4. The summed E-state index contributed by atoms with van der Waals surface area (Å²) >= 11 is 0. The summed E-state index contributed by atoms with van der Waals surface area (Å²) in [6.07, 6.45) is -0.241. The van der Waals surface area contributed by atoms with Gasteiger partial charge in [-0.25, -0.2) is 0 Å². The van der Waals surface area contributed by atoms with Gasteiger partial charge in [-0.15, -0.1) is 0 Å².